The number of nitrogens with one attached hydrogen (secondary N) is 2. The summed E-state index contributed by atoms with van der Waals surface area (Å²) in [5.74, 6) is 0. The number of anilines is 2. The summed E-state index contributed by atoms with van der Waals surface area (Å²) in [5.41, 5.74) is 11.7. The number of hydrazone groups is 2. The van der Waals surface area contributed by atoms with E-state index in [0.29, 0.717) is 10.0 Å². The highest BCUT2D eigenvalue weighted by atomic mass is 35.5. The van der Waals surface area contributed by atoms with Gasteiger partial charge in [-0.1, -0.05) is 59.6 Å². The number of rotatable bonds is 6. The molecule has 0 atom stereocenters. The van der Waals surface area contributed by atoms with Gasteiger partial charge in [0.1, 0.15) is 0 Å². The number of halogens is 2. The summed E-state index contributed by atoms with van der Waals surface area (Å²) in [6, 6.07) is 19.4. The second-order valence-corrected chi connectivity index (χ2v) is 7.15. The highest BCUT2D eigenvalue weighted by Gasteiger charge is 1.97. The summed E-state index contributed by atoms with van der Waals surface area (Å²) < 4.78 is 0. The minimum atomic E-state index is 0.713. The highest BCUT2D eigenvalue weighted by Crippen LogP contribution is 2.20. The summed E-state index contributed by atoms with van der Waals surface area (Å²) in [6.07, 6.45) is 3.50. The van der Waals surface area contributed by atoms with Crippen LogP contribution >= 0.6 is 23.2 Å². The molecule has 0 unspecified atom stereocenters. The van der Waals surface area contributed by atoms with Crippen molar-refractivity contribution in [2.75, 3.05) is 10.9 Å². The molecule has 0 spiro atoms. The highest BCUT2D eigenvalue weighted by molar-refractivity contribution is 6.31. The molecule has 0 aliphatic rings. The van der Waals surface area contributed by atoms with E-state index < -0.39 is 0 Å². The minimum Gasteiger partial charge on any atom is -0.278 e. The first-order valence-corrected chi connectivity index (χ1v) is 9.47. The first kappa shape index (κ1) is 19.9. The van der Waals surface area contributed by atoms with Gasteiger partial charge >= 0.3 is 0 Å². The largest absolute Gasteiger partial charge is 0.278 e. The zero-order valence-electron chi connectivity index (χ0n) is 15.6. The quantitative estimate of drug-likeness (QED) is 0.359. The van der Waals surface area contributed by atoms with Crippen molar-refractivity contribution in [1.82, 2.24) is 0 Å². The summed E-state index contributed by atoms with van der Waals surface area (Å²) >= 11 is 12.2. The lowest BCUT2D eigenvalue weighted by Crippen LogP contribution is -1.93. The van der Waals surface area contributed by atoms with E-state index in [2.05, 4.69) is 21.1 Å². The first-order valence-electron chi connectivity index (χ1n) is 8.72. The number of aryl methyl sites for hydroxylation is 2. The third kappa shape index (κ3) is 5.59. The van der Waals surface area contributed by atoms with Gasteiger partial charge in [0.2, 0.25) is 0 Å². The molecule has 0 aliphatic heterocycles. The molecule has 0 fully saturated rings. The molecule has 4 nitrogen and oxygen atoms in total. The van der Waals surface area contributed by atoms with E-state index in [1.54, 1.807) is 12.4 Å². The number of hydrogen-bond acceptors (Lipinski definition) is 4. The van der Waals surface area contributed by atoms with E-state index >= 15 is 0 Å². The maximum Gasteiger partial charge on any atom is 0.0576 e. The molecule has 142 valence electrons. The van der Waals surface area contributed by atoms with Crippen LogP contribution in [0.25, 0.3) is 0 Å². The van der Waals surface area contributed by atoms with Crippen molar-refractivity contribution in [2.24, 2.45) is 10.2 Å². The smallest absolute Gasteiger partial charge is 0.0576 e. The van der Waals surface area contributed by atoms with Crippen LogP contribution < -0.4 is 10.9 Å². The van der Waals surface area contributed by atoms with Crippen LogP contribution in [-0.4, -0.2) is 12.4 Å². The number of benzene rings is 3. The van der Waals surface area contributed by atoms with Crippen LogP contribution in [0, 0.1) is 13.8 Å². The van der Waals surface area contributed by atoms with E-state index in [0.717, 1.165) is 33.6 Å². The standard InChI is InChI=1S/C22H20Cl2N4/c1-15-3-9-19(11-21(15)23)27-25-13-17-5-7-18(8-6-17)14-26-28-20-10-4-16(2)22(24)12-20/h3-14,27-28H,1-2H3/b25-13-,26-14-. The summed E-state index contributed by atoms with van der Waals surface area (Å²) in [4.78, 5) is 0. The molecule has 0 aromatic heterocycles. The summed E-state index contributed by atoms with van der Waals surface area (Å²) in [5, 5.41) is 9.90. The van der Waals surface area contributed by atoms with Crippen molar-refractivity contribution in [3.8, 4) is 0 Å². The number of hydrogen-bond donors (Lipinski definition) is 2. The molecule has 0 saturated carbocycles. The Bertz CT molecular complexity index is 929. The Balaban J connectivity index is 1.55. The second kappa shape index (κ2) is 9.40. The molecular formula is C22H20Cl2N4. The zero-order valence-corrected chi connectivity index (χ0v) is 17.1. The Kier molecular flexibility index (Phi) is 6.69. The minimum absolute atomic E-state index is 0.713. The van der Waals surface area contributed by atoms with E-state index in [1.165, 1.54) is 0 Å². The van der Waals surface area contributed by atoms with Crippen LogP contribution in [0.4, 0.5) is 11.4 Å². The van der Waals surface area contributed by atoms with Gasteiger partial charge in [0.15, 0.2) is 0 Å². The average molecular weight is 411 g/mol. The zero-order chi connectivity index (χ0) is 19.9. The normalized spacial score (nSPS) is 11.3. The van der Waals surface area contributed by atoms with Crippen molar-refractivity contribution in [1.29, 1.82) is 0 Å². The van der Waals surface area contributed by atoms with Crippen LogP contribution in [0.3, 0.4) is 0 Å². The van der Waals surface area contributed by atoms with Crippen LogP contribution in [0.1, 0.15) is 22.3 Å². The molecule has 0 heterocycles. The predicted octanol–water partition coefficient (Wildman–Crippen LogP) is 6.50. The fourth-order valence-corrected chi connectivity index (χ4v) is 2.72. The lowest BCUT2D eigenvalue weighted by molar-refractivity contribution is 1.33. The fraction of sp³-hybridized carbons (Fsp3) is 0.0909. The molecule has 3 aromatic carbocycles. The van der Waals surface area contributed by atoms with Gasteiger partial charge in [-0.25, -0.2) is 0 Å². The van der Waals surface area contributed by atoms with Crippen LogP contribution in [0.2, 0.25) is 10.0 Å². The van der Waals surface area contributed by atoms with Gasteiger partial charge in [0.25, 0.3) is 0 Å². The SMILES string of the molecule is Cc1ccc(N/N=C\c2ccc(/C=N\Nc3ccc(C)c(Cl)c3)cc2)cc1Cl. The molecule has 6 heteroatoms. The van der Waals surface area contributed by atoms with E-state index in [-0.39, 0.29) is 0 Å². The van der Waals surface area contributed by atoms with Gasteiger partial charge in [-0.15, -0.1) is 0 Å². The first-order chi connectivity index (χ1) is 13.5. The van der Waals surface area contributed by atoms with Crippen LogP contribution in [0.5, 0.6) is 0 Å². The van der Waals surface area contributed by atoms with E-state index in [9.17, 15) is 0 Å². The van der Waals surface area contributed by atoms with Gasteiger partial charge in [0, 0.05) is 10.0 Å². The molecule has 28 heavy (non-hydrogen) atoms. The lowest BCUT2D eigenvalue weighted by Gasteiger charge is -2.03. The van der Waals surface area contributed by atoms with Crippen molar-refractivity contribution in [3.05, 3.63) is 93.0 Å². The van der Waals surface area contributed by atoms with E-state index in [4.69, 9.17) is 23.2 Å². The third-order valence-corrected chi connectivity index (χ3v) is 4.91. The molecule has 2 N–H and O–H groups in total. The van der Waals surface area contributed by atoms with Gasteiger partial charge in [-0.3, -0.25) is 10.9 Å². The van der Waals surface area contributed by atoms with Gasteiger partial charge in [-0.05, 0) is 60.4 Å². The maximum absolute atomic E-state index is 6.11. The van der Waals surface area contributed by atoms with Crippen molar-refractivity contribution < 1.29 is 0 Å². The van der Waals surface area contributed by atoms with Gasteiger partial charge < -0.3 is 0 Å². The Morgan fingerprint density at radius 3 is 1.39 bits per heavy atom. The summed E-state index contributed by atoms with van der Waals surface area (Å²) in [7, 11) is 0. The molecule has 0 amide bonds. The molecule has 0 bridgehead atoms. The van der Waals surface area contributed by atoms with Gasteiger partial charge in [0.05, 0.1) is 23.8 Å². The fourth-order valence-electron chi connectivity index (χ4n) is 2.36. The average Bonchev–Trinajstić information content (AvgIpc) is 2.69. The summed E-state index contributed by atoms with van der Waals surface area (Å²) in [6.45, 7) is 3.93. The van der Waals surface area contributed by atoms with Crippen molar-refractivity contribution in [3.63, 3.8) is 0 Å². The topological polar surface area (TPSA) is 48.8 Å². The maximum atomic E-state index is 6.11. The van der Waals surface area contributed by atoms with E-state index in [1.807, 2.05) is 74.5 Å². The Labute approximate surface area is 174 Å². The second-order valence-electron chi connectivity index (χ2n) is 6.33. The van der Waals surface area contributed by atoms with Crippen LogP contribution in [0.15, 0.2) is 70.9 Å². The molecular weight excluding hydrogens is 391 g/mol. The van der Waals surface area contributed by atoms with Gasteiger partial charge in [-0.2, -0.15) is 10.2 Å². The Hall–Kier alpha value is -2.82. The van der Waals surface area contributed by atoms with Crippen molar-refractivity contribution in [2.45, 2.75) is 13.8 Å². The lowest BCUT2D eigenvalue weighted by atomic mass is 10.2. The molecule has 3 aromatic rings. The molecule has 0 radical (unpaired) electrons. The third-order valence-electron chi connectivity index (χ3n) is 4.09. The Morgan fingerprint density at radius 1 is 0.643 bits per heavy atom. The van der Waals surface area contributed by atoms with Crippen LogP contribution in [-0.2, 0) is 0 Å². The predicted molar refractivity (Wildman–Crippen MR) is 121 cm³/mol. The monoisotopic (exact) mass is 410 g/mol. The molecule has 0 saturated heterocycles. The Morgan fingerprint density at radius 2 is 1.04 bits per heavy atom. The van der Waals surface area contributed by atoms with Crippen molar-refractivity contribution >= 4 is 47.0 Å². The molecule has 3 rings (SSSR count). The number of nitrogens with zero attached hydrogens (tertiary/aromatic N) is 2. The molecule has 0 aliphatic carbocycles.